The summed E-state index contributed by atoms with van der Waals surface area (Å²) in [5.41, 5.74) is 2.80. The third-order valence-corrected chi connectivity index (χ3v) is 6.82. The molecule has 1 heterocycles. The molecule has 0 aliphatic carbocycles. The van der Waals surface area contributed by atoms with E-state index in [4.69, 9.17) is 4.55 Å². The van der Waals surface area contributed by atoms with Crippen molar-refractivity contribution in [3.8, 4) is 0 Å². The molecule has 1 aliphatic rings. The van der Waals surface area contributed by atoms with Crippen molar-refractivity contribution in [3.05, 3.63) is 77.9 Å². The van der Waals surface area contributed by atoms with Gasteiger partial charge in [-0.15, -0.1) is 0 Å². The van der Waals surface area contributed by atoms with Gasteiger partial charge in [-0.2, -0.15) is 8.42 Å². The number of rotatable bonds is 8. The van der Waals surface area contributed by atoms with Crippen molar-refractivity contribution >= 4 is 32.5 Å². The Morgan fingerprint density at radius 2 is 1.82 bits per heavy atom. The van der Waals surface area contributed by atoms with Crippen molar-refractivity contribution < 1.29 is 17.8 Å². The minimum Gasteiger partial charge on any atom is -0.370 e. The second kappa shape index (κ2) is 9.91. The van der Waals surface area contributed by atoms with Gasteiger partial charge in [0.15, 0.2) is 0 Å². The minimum atomic E-state index is -4.09. The molecule has 1 fully saturated rings. The van der Waals surface area contributed by atoms with Crippen LogP contribution in [0.3, 0.4) is 0 Å². The van der Waals surface area contributed by atoms with Gasteiger partial charge in [0.25, 0.3) is 16.0 Å². The highest BCUT2D eigenvalue weighted by atomic mass is 32.2. The highest BCUT2D eigenvalue weighted by molar-refractivity contribution is 7.85. The van der Waals surface area contributed by atoms with Crippen molar-refractivity contribution in [2.24, 2.45) is 0 Å². The lowest BCUT2D eigenvalue weighted by molar-refractivity contribution is 0.0956. The van der Waals surface area contributed by atoms with E-state index in [2.05, 4.69) is 64.9 Å². The molecule has 2 atom stereocenters. The lowest BCUT2D eigenvalue weighted by Gasteiger charge is -2.23. The molecule has 0 radical (unpaired) electrons. The second-order valence-corrected chi connectivity index (χ2v) is 10.0. The fraction of sp³-hybridized carbons (Fsp3) is 0.320. The minimum absolute atomic E-state index is 0.131. The maximum atomic E-state index is 12.2. The van der Waals surface area contributed by atoms with Crippen molar-refractivity contribution in [2.75, 3.05) is 30.3 Å². The molecule has 3 N–H and O–H groups in total. The summed E-state index contributed by atoms with van der Waals surface area (Å²) >= 11 is 0. The first-order valence-electron chi connectivity index (χ1n) is 11.1. The van der Waals surface area contributed by atoms with Gasteiger partial charge in [-0.3, -0.25) is 9.35 Å². The Morgan fingerprint density at radius 3 is 2.58 bits per heavy atom. The lowest BCUT2D eigenvalue weighted by atomic mass is 9.99. The van der Waals surface area contributed by atoms with Crippen LogP contribution in [-0.2, 0) is 10.1 Å². The number of nitrogens with zero attached hydrogens (tertiary/aromatic N) is 1. The largest absolute Gasteiger partial charge is 0.370 e. The van der Waals surface area contributed by atoms with Crippen LogP contribution in [0.25, 0.3) is 10.8 Å². The smallest absolute Gasteiger partial charge is 0.266 e. The van der Waals surface area contributed by atoms with E-state index < -0.39 is 15.9 Å². The number of fused-ring (bicyclic) bond motifs is 1. The predicted molar refractivity (Wildman–Crippen MR) is 131 cm³/mol. The number of benzene rings is 3. The van der Waals surface area contributed by atoms with Gasteiger partial charge in [0.2, 0.25) is 0 Å². The van der Waals surface area contributed by atoms with Gasteiger partial charge in [-0.25, -0.2) is 0 Å². The van der Waals surface area contributed by atoms with Crippen LogP contribution in [0.15, 0.2) is 66.7 Å². The van der Waals surface area contributed by atoms with Crippen molar-refractivity contribution in [3.63, 3.8) is 0 Å². The average molecular weight is 468 g/mol. The van der Waals surface area contributed by atoms with Crippen LogP contribution in [0, 0.1) is 0 Å². The Kier molecular flexibility index (Phi) is 6.97. The number of hydrogen-bond acceptors (Lipinski definition) is 5. The molecule has 7 nitrogen and oxygen atoms in total. The number of hydrogen-bond donors (Lipinski definition) is 3. The van der Waals surface area contributed by atoms with Crippen LogP contribution < -0.4 is 15.5 Å². The zero-order valence-corrected chi connectivity index (χ0v) is 19.4. The van der Waals surface area contributed by atoms with Crippen LogP contribution in [0.5, 0.6) is 0 Å². The molecule has 174 valence electrons. The second-order valence-electron chi connectivity index (χ2n) is 8.48. The number of nitrogens with one attached hydrogen (secondary N) is 2. The number of carbonyl (C=O) groups excluding carboxylic acids is 1. The molecule has 3 aromatic carbocycles. The zero-order valence-electron chi connectivity index (χ0n) is 18.6. The van der Waals surface area contributed by atoms with E-state index in [1.165, 1.54) is 16.3 Å². The number of carbonyl (C=O) groups is 1. The maximum Gasteiger partial charge on any atom is 0.266 e. The van der Waals surface area contributed by atoms with Gasteiger partial charge in [0.1, 0.15) is 0 Å². The zero-order chi connectivity index (χ0) is 23.4. The summed E-state index contributed by atoms with van der Waals surface area (Å²) in [6.07, 6.45) is 1.03. The normalized spacial score (nSPS) is 17.3. The summed E-state index contributed by atoms with van der Waals surface area (Å²) in [4.78, 5) is 14.5. The Morgan fingerprint density at radius 1 is 1.09 bits per heavy atom. The Hall–Kier alpha value is -2.94. The number of anilines is 1. The molecule has 0 unspecified atom stereocenters. The maximum absolute atomic E-state index is 12.2. The molecule has 0 aromatic heterocycles. The third-order valence-electron chi connectivity index (χ3n) is 6.10. The molecule has 1 saturated heterocycles. The SMILES string of the molecule is C[C@@H](N[C@H]1CCN(c2ccc(C(=O)NCCS(=O)(=O)O)cc2)C1)c1cccc2ccccc12. The van der Waals surface area contributed by atoms with E-state index in [9.17, 15) is 13.2 Å². The highest BCUT2D eigenvalue weighted by Crippen LogP contribution is 2.26. The van der Waals surface area contributed by atoms with E-state index in [1.54, 1.807) is 12.1 Å². The first-order valence-corrected chi connectivity index (χ1v) is 12.7. The van der Waals surface area contributed by atoms with Crippen molar-refractivity contribution in [1.29, 1.82) is 0 Å². The van der Waals surface area contributed by atoms with Crippen LogP contribution >= 0.6 is 0 Å². The Labute approximate surface area is 194 Å². The summed E-state index contributed by atoms with van der Waals surface area (Å²) in [6, 6.07) is 22.8. The van der Waals surface area contributed by atoms with Crippen LogP contribution in [0.4, 0.5) is 5.69 Å². The first-order chi connectivity index (χ1) is 15.8. The number of amides is 1. The van der Waals surface area contributed by atoms with Crippen LogP contribution in [0.2, 0.25) is 0 Å². The van der Waals surface area contributed by atoms with Crippen molar-refractivity contribution in [2.45, 2.75) is 25.4 Å². The van der Waals surface area contributed by atoms with Crippen LogP contribution in [0.1, 0.15) is 35.3 Å². The predicted octanol–water partition coefficient (Wildman–Crippen LogP) is 3.39. The molecule has 0 bridgehead atoms. The molecular weight excluding hydrogens is 438 g/mol. The topological polar surface area (TPSA) is 98.7 Å². The van der Waals surface area contributed by atoms with E-state index >= 15 is 0 Å². The van der Waals surface area contributed by atoms with Gasteiger partial charge in [-0.05, 0) is 53.9 Å². The fourth-order valence-corrected chi connectivity index (χ4v) is 4.78. The van der Waals surface area contributed by atoms with Gasteiger partial charge in [0, 0.05) is 43.0 Å². The first kappa shape index (κ1) is 23.2. The summed E-state index contributed by atoms with van der Waals surface area (Å²) in [7, 11) is -4.09. The monoisotopic (exact) mass is 467 g/mol. The summed E-state index contributed by atoms with van der Waals surface area (Å²) < 4.78 is 30.3. The standard InChI is InChI=1S/C25H29N3O4S/c1-18(23-8-4-6-19-5-2-3-7-24(19)23)27-21-13-15-28(17-21)22-11-9-20(10-12-22)25(29)26-14-16-33(30,31)32/h2-12,18,21,27H,13-17H2,1H3,(H,26,29)(H,30,31,32)/t18-,21+/m1/s1. The molecule has 33 heavy (non-hydrogen) atoms. The van der Waals surface area contributed by atoms with E-state index in [0.29, 0.717) is 11.6 Å². The Balaban J connectivity index is 1.33. The molecule has 1 aliphatic heterocycles. The van der Waals surface area contributed by atoms with E-state index in [0.717, 1.165) is 25.2 Å². The molecule has 0 spiro atoms. The average Bonchev–Trinajstić information content (AvgIpc) is 3.26. The van der Waals surface area contributed by atoms with E-state index in [-0.39, 0.29) is 18.5 Å². The summed E-state index contributed by atoms with van der Waals surface area (Å²) in [5.74, 6) is -0.869. The van der Waals surface area contributed by atoms with E-state index in [1.807, 2.05) is 12.1 Å². The quantitative estimate of drug-likeness (QED) is 0.439. The van der Waals surface area contributed by atoms with Crippen LogP contribution in [-0.4, -0.2) is 50.3 Å². The van der Waals surface area contributed by atoms with Crippen molar-refractivity contribution in [1.82, 2.24) is 10.6 Å². The van der Waals surface area contributed by atoms with Gasteiger partial charge in [-0.1, -0.05) is 42.5 Å². The molecule has 4 rings (SSSR count). The lowest BCUT2D eigenvalue weighted by Crippen LogP contribution is -2.34. The summed E-state index contributed by atoms with van der Waals surface area (Å²) in [6.45, 7) is 3.89. The van der Waals surface area contributed by atoms with Gasteiger partial charge in [0.05, 0.1) is 5.75 Å². The molecular formula is C25H29N3O4S. The molecule has 3 aromatic rings. The molecule has 0 saturated carbocycles. The summed E-state index contributed by atoms with van der Waals surface area (Å²) in [5, 5.41) is 8.80. The highest BCUT2D eigenvalue weighted by Gasteiger charge is 2.24. The van der Waals surface area contributed by atoms with Gasteiger partial charge >= 0.3 is 0 Å². The molecule has 8 heteroatoms. The molecule has 1 amide bonds. The third kappa shape index (κ3) is 5.90. The Bertz CT molecular complexity index is 1220. The van der Waals surface area contributed by atoms with Gasteiger partial charge < -0.3 is 15.5 Å². The fourth-order valence-electron chi connectivity index (χ4n) is 4.42.